The second kappa shape index (κ2) is 21.9. The van der Waals surface area contributed by atoms with Crippen LogP contribution in [0.5, 0.6) is 17.2 Å². The number of aromatic nitrogens is 9. The van der Waals surface area contributed by atoms with Gasteiger partial charge in [0, 0.05) is 118 Å². The Morgan fingerprint density at radius 1 is 0.695 bits per heavy atom. The van der Waals surface area contributed by atoms with E-state index in [1.165, 1.54) is 44.9 Å². The molecule has 2 atom stereocenters. The molecule has 1 fully saturated rings. The molecule has 8 heterocycles. The Balaban J connectivity index is 0.734. The minimum absolute atomic E-state index is 0.00987. The topological polar surface area (TPSA) is 170 Å². The molecule has 3 aliphatic heterocycles. The third kappa shape index (κ3) is 11.2. The average molecular weight is 1130 g/mol. The standard InChI is InChI=1S/C58H54F7N11O6/c1-5-75-26-45(55(69-75)57(60,61)62)41-16-35(22-72-11-9-66-31-72)18-43-51(78)37(28-81-53(41)43)15-34-7-8-47(59)48(20-34)80-30-50(77)71(4)40-24-74(25-40)49-14-33(3)13-39(68-49)21-38-29-82-54-42(46-27-76(6-2)70-56(46)58(63,64)65)17-36(19-44(54)52(38)79)23-73-12-10-67-32-73/h7-14,16-20,26-27,31-32,37-38,40H,5-6,15,21-25,28-30H2,1-4H3/t37-,38+/m0/s1. The number of Topliss-reactive ketones (excluding diaryl/α,β-unsaturated/α-hetero) is 2. The first kappa shape index (κ1) is 55.1. The molecular formula is C58H54F7N11O6. The van der Waals surface area contributed by atoms with Crippen molar-refractivity contribution in [1.82, 2.24) is 48.5 Å². The number of anilines is 1. The van der Waals surface area contributed by atoms with Gasteiger partial charge in [0.15, 0.2) is 41.1 Å². The van der Waals surface area contributed by atoms with Crippen LogP contribution in [0.25, 0.3) is 22.3 Å². The number of ketones is 2. The minimum Gasteiger partial charge on any atom is -0.491 e. The number of imidazole rings is 2. The number of aryl methyl sites for hydroxylation is 3. The van der Waals surface area contributed by atoms with E-state index < -0.39 is 53.9 Å². The highest BCUT2D eigenvalue weighted by atomic mass is 19.4. The molecule has 0 spiro atoms. The van der Waals surface area contributed by atoms with Crippen molar-refractivity contribution in [2.45, 2.75) is 78.2 Å². The fourth-order valence-electron chi connectivity index (χ4n) is 10.7. The third-order valence-electron chi connectivity index (χ3n) is 15.0. The molecule has 8 aromatic rings. The highest BCUT2D eigenvalue weighted by Crippen LogP contribution is 2.46. The third-order valence-corrected chi connectivity index (χ3v) is 15.0. The zero-order valence-electron chi connectivity index (χ0n) is 44.8. The first-order chi connectivity index (χ1) is 39.2. The van der Waals surface area contributed by atoms with Gasteiger partial charge in [0.25, 0.3) is 5.91 Å². The monoisotopic (exact) mass is 1130 g/mol. The first-order valence-electron chi connectivity index (χ1n) is 26.5. The lowest BCUT2D eigenvalue weighted by Crippen LogP contribution is -2.60. The molecule has 11 rings (SSSR count). The number of carbonyl (C=O) groups excluding carboxylic acids is 3. The van der Waals surface area contributed by atoms with Crippen LogP contribution in [0, 0.1) is 24.6 Å². The summed E-state index contributed by atoms with van der Waals surface area (Å²) in [5.74, 6) is -2.88. The van der Waals surface area contributed by atoms with Crippen molar-refractivity contribution in [3.8, 4) is 39.5 Å². The number of amides is 1. The van der Waals surface area contributed by atoms with Gasteiger partial charge in [0.05, 0.1) is 54.9 Å². The summed E-state index contributed by atoms with van der Waals surface area (Å²) in [4.78, 5) is 58.8. The van der Waals surface area contributed by atoms with E-state index in [2.05, 4.69) is 20.2 Å². The molecular weight excluding hydrogens is 1080 g/mol. The smallest absolute Gasteiger partial charge is 0.435 e. The normalized spacial score (nSPS) is 16.4. The van der Waals surface area contributed by atoms with E-state index in [9.17, 15) is 40.7 Å². The van der Waals surface area contributed by atoms with Gasteiger partial charge in [-0.2, -0.15) is 36.5 Å². The van der Waals surface area contributed by atoms with Crippen LogP contribution in [-0.2, 0) is 56.2 Å². The molecule has 0 bridgehead atoms. The van der Waals surface area contributed by atoms with Gasteiger partial charge < -0.3 is 33.1 Å². The number of likely N-dealkylation sites (N-methyl/N-ethyl adjacent to an activating group) is 1. The van der Waals surface area contributed by atoms with Gasteiger partial charge in [-0.15, -0.1) is 0 Å². The van der Waals surface area contributed by atoms with Crippen LogP contribution in [-0.4, -0.2) is 112 Å². The van der Waals surface area contributed by atoms with E-state index in [-0.39, 0.29) is 120 Å². The van der Waals surface area contributed by atoms with E-state index >= 15 is 4.39 Å². The SMILES string of the molecule is CCn1cc(-c2cc(Cn3ccnc3)cc3c2OC[C@H](Cc2ccc(F)c(OCC(=O)N(C)C4CN(c5cc(C)cc(C[C@@H]6COc7c(cc(Cn8ccnc8)cc7-c7cn(CC)nc7C(F)(F)F)C6=O)n5)C4)c2)C3=O)c(C(F)(F)F)n1. The van der Waals surface area contributed by atoms with Gasteiger partial charge in [-0.05, 0) is 98.0 Å². The fraction of sp³-hybridized carbons (Fsp3) is 0.345. The molecule has 82 heavy (non-hydrogen) atoms. The Bertz CT molecular complexity index is 3720. The number of benzene rings is 3. The van der Waals surface area contributed by atoms with Crippen molar-refractivity contribution in [3.05, 3.63) is 161 Å². The van der Waals surface area contributed by atoms with Crippen LogP contribution in [0.1, 0.15) is 73.9 Å². The fourth-order valence-corrected chi connectivity index (χ4v) is 10.7. The van der Waals surface area contributed by atoms with E-state index in [1.54, 1.807) is 91.7 Å². The Hall–Kier alpha value is -8.83. The molecule has 0 aliphatic carbocycles. The van der Waals surface area contributed by atoms with Crippen LogP contribution in [0.15, 0.2) is 104 Å². The van der Waals surface area contributed by atoms with Gasteiger partial charge in [-0.25, -0.2) is 19.3 Å². The Kier molecular flexibility index (Phi) is 14.7. The largest absolute Gasteiger partial charge is 0.491 e. The molecule has 1 saturated heterocycles. The number of rotatable bonds is 17. The summed E-state index contributed by atoms with van der Waals surface area (Å²) in [6.07, 6.45) is 2.95. The molecule has 3 aromatic carbocycles. The van der Waals surface area contributed by atoms with Crippen molar-refractivity contribution < 1.29 is 59.3 Å². The summed E-state index contributed by atoms with van der Waals surface area (Å²) in [6, 6.07) is 14.0. The Morgan fingerprint density at radius 2 is 1.22 bits per heavy atom. The maximum Gasteiger partial charge on any atom is 0.435 e. The molecule has 5 aromatic heterocycles. The number of hydrogen-bond acceptors (Lipinski definition) is 12. The minimum atomic E-state index is -4.79. The van der Waals surface area contributed by atoms with Crippen LogP contribution in [0.4, 0.5) is 36.6 Å². The molecule has 3 aliphatic rings. The van der Waals surface area contributed by atoms with Gasteiger partial charge in [0.2, 0.25) is 0 Å². The number of hydrogen-bond donors (Lipinski definition) is 0. The molecule has 24 heteroatoms. The van der Waals surface area contributed by atoms with Crippen molar-refractivity contribution in [3.63, 3.8) is 0 Å². The Labute approximate surface area is 464 Å². The number of nitrogens with zero attached hydrogens (tertiary/aromatic N) is 11. The number of halogens is 7. The van der Waals surface area contributed by atoms with Gasteiger partial charge in [-0.3, -0.25) is 23.7 Å². The van der Waals surface area contributed by atoms with Crippen molar-refractivity contribution >= 4 is 23.3 Å². The number of ether oxygens (including phenoxy) is 3. The van der Waals surface area contributed by atoms with Crippen molar-refractivity contribution in [1.29, 1.82) is 0 Å². The van der Waals surface area contributed by atoms with E-state index in [1.807, 2.05) is 24.0 Å². The van der Waals surface area contributed by atoms with E-state index in [0.29, 0.717) is 41.3 Å². The maximum absolute atomic E-state index is 15.3. The summed E-state index contributed by atoms with van der Waals surface area (Å²) in [5, 5.41) is 7.59. The highest BCUT2D eigenvalue weighted by Gasteiger charge is 2.42. The Morgan fingerprint density at radius 3 is 1.72 bits per heavy atom. The van der Waals surface area contributed by atoms with Gasteiger partial charge in [-0.1, -0.05) is 6.07 Å². The zero-order chi connectivity index (χ0) is 57.8. The quantitative estimate of drug-likeness (QED) is 0.0793. The molecule has 0 unspecified atom stereocenters. The lowest BCUT2D eigenvalue weighted by atomic mass is 9.86. The van der Waals surface area contributed by atoms with E-state index in [4.69, 9.17) is 19.2 Å². The van der Waals surface area contributed by atoms with Gasteiger partial charge >= 0.3 is 12.4 Å². The molecule has 0 N–H and O–H groups in total. The van der Waals surface area contributed by atoms with Crippen LogP contribution in [0.2, 0.25) is 0 Å². The molecule has 0 radical (unpaired) electrons. The van der Waals surface area contributed by atoms with Gasteiger partial charge in [0.1, 0.15) is 17.3 Å². The maximum atomic E-state index is 15.3. The molecule has 17 nitrogen and oxygen atoms in total. The number of carbonyl (C=O) groups is 3. The second-order valence-electron chi connectivity index (χ2n) is 20.8. The second-order valence-corrected chi connectivity index (χ2v) is 20.8. The highest BCUT2D eigenvalue weighted by molar-refractivity contribution is 6.05. The summed E-state index contributed by atoms with van der Waals surface area (Å²) in [5.41, 5.74) is 0.894. The number of pyridine rings is 1. The number of alkyl halides is 6. The lowest BCUT2D eigenvalue weighted by Gasteiger charge is -2.44. The number of fused-ring (bicyclic) bond motifs is 2. The summed E-state index contributed by atoms with van der Waals surface area (Å²) >= 11 is 0. The van der Waals surface area contributed by atoms with Crippen LogP contribution < -0.4 is 19.1 Å². The van der Waals surface area contributed by atoms with Crippen LogP contribution in [0.3, 0.4) is 0 Å². The van der Waals surface area contributed by atoms with Crippen molar-refractivity contribution in [2.24, 2.45) is 11.8 Å². The molecule has 426 valence electrons. The van der Waals surface area contributed by atoms with Crippen molar-refractivity contribution in [2.75, 3.05) is 44.9 Å². The molecule has 1 amide bonds. The lowest BCUT2D eigenvalue weighted by molar-refractivity contribution is -0.141. The predicted molar refractivity (Wildman–Crippen MR) is 283 cm³/mol. The summed E-state index contributed by atoms with van der Waals surface area (Å²) in [6.45, 7) is 6.06. The first-order valence-corrected chi connectivity index (χ1v) is 26.5. The summed E-state index contributed by atoms with van der Waals surface area (Å²) < 4.78 is 126. The van der Waals surface area contributed by atoms with Crippen LogP contribution >= 0.6 is 0 Å². The average Bonchev–Trinajstić information content (AvgIpc) is 4.44. The van der Waals surface area contributed by atoms with E-state index in [0.717, 1.165) is 5.56 Å². The molecule has 0 saturated carbocycles. The summed E-state index contributed by atoms with van der Waals surface area (Å²) in [7, 11) is 1.62. The predicted octanol–water partition coefficient (Wildman–Crippen LogP) is 9.42. The zero-order valence-corrected chi connectivity index (χ0v) is 44.8.